The number of carbonyl (C=O) groups excluding carboxylic acids is 2. The smallest absolute Gasteiger partial charge is 0.338 e. The number of hydrogen-bond donors (Lipinski definition) is 0. The molecule has 0 saturated carbocycles. The summed E-state index contributed by atoms with van der Waals surface area (Å²) in [7, 11) is -2.44. The predicted molar refractivity (Wildman–Crippen MR) is 128 cm³/mol. The molecule has 33 heavy (non-hydrogen) atoms. The zero-order valence-electron chi connectivity index (χ0n) is 19.4. The molecule has 0 aromatic heterocycles. The Bertz CT molecular complexity index is 1290. The molecule has 0 heterocycles. The number of nitrogens with zero attached hydrogens (tertiary/aromatic N) is 1. The first-order valence-electron chi connectivity index (χ1n) is 10.5. The van der Waals surface area contributed by atoms with Gasteiger partial charge in [-0.3, -0.25) is 9.10 Å². The molecule has 0 bridgehead atoms. The van der Waals surface area contributed by atoms with Crippen LogP contribution in [0.25, 0.3) is 0 Å². The van der Waals surface area contributed by atoms with Gasteiger partial charge in [0.1, 0.15) is 0 Å². The third-order valence-corrected chi connectivity index (χ3v) is 7.61. The van der Waals surface area contributed by atoms with Crippen molar-refractivity contribution in [2.75, 3.05) is 18.0 Å². The number of carbonyl (C=O) groups is 2. The van der Waals surface area contributed by atoms with Crippen LogP contribution in [-0.2, 0) is 14.8 Å². The van der Waals surface area contributed by atoms with Crippen LogP contribution in [0.2, 0.25) is 0 Å². The van der Waals surface area contributed by atoms with Gasteiger partial charge >= 0.3 is 5.97 Å². The molecule has 3 aromatic rings. The van der Waals surface area contributed by atoms with E-state index in [2.05, 4.69) is 0 Å². The summed E-state index contributed by atoms with van der Waals surface area (Å²) in [4.78, 5) is 25.4. The molecule has 3 aromatic carbocycles. The Morgan fingerprint density at radius 2 is 1.45 bits per heavy atom. The largest absolute Gasteiger partial charge is 0.454 e. The summed E-state index contributed by atoms with van der Waals surface area (Å²) in [6.45, 7) is 7.18. The van der Waals surface area contributed by atoms with Gasteiger partial charge in [-0.15, -0.1) is 0 Å². The predicted octanol–water partition coefficient (Wildman–Crippen LogP) is 4.79. The second-order valence-corrected chi connectivity index (χ2v) is 9.94. The summed E-state index contributed by atoms with van der Waals surface area (Å²) in [5.74, 6) is -1.06. The Morgan fingerprint density at radius 3 is 2.06 bits per heavy atom. The number of Topliss-reactive ketones (excluding diaryl/α,β-unsaturated/α-hetero) is 1. The first-order valence-corrected chi connectivity index (χ1v) is 11.9. The van der Waals surface area contributed by atoms with E-state index >= 15 is 0 Å². The van der Waals surface area contributed by atoms with Gasteiger partial charge in [0, 0.05) is 12.6 Å². The van der Waals surface area contributed by atoms with Crippen LogP contribution in [0.3, 0.4) is 0 Å². The van der Waals surface area contributed by atoms with E-state index in [0.717, 1.165) is 26.6 Å². The highest BCUT2D eigenvalue weighted by Gasteiger charge is 2.23. The van der Waals surface area contributed by atoms with Gasteiger partial charge in [0.25, 0.3) is 10.0 Å². The fourth-order valence-electron chi connectivity index (χ4n) is 3.64. The third kappa shape index (κ3) is 4.98. The van der Waals surface area contributed by atoms with E-state index < -0.39 is 22.6 Å². The summed E-state index contributed by atoms with van der Waals surface area (Å²) in [5, 5.41) is 0. The molecule has 0 radical (unpaired) electrons. The van der Waals surface area contributed by atoms with E-state index in [9.17, 15) is 18.0 Å². The Kier molecular flexibility index (Phi) is 7.03. The molecule has 6 nitrogen and oxygen atoms in total. The van der Waals surface area contributed by atoms with Gasteiger partial charge in [-0.25, -0.2) is 13.2 Å². The molecule has 0 aliphatic carbocycles. The van der Waals surface area contributed by atoms with Crippen LogP contribution >= 0.6 is 0 Å². The third-order valence-electron chi connectivity index (χ3n) is 5.83. The zero-order valence-corrected chi connectivity index (χ0v) is 20.2. The van der Waals surface area contributed by atoms with Crippen molar-refractivity contribution in [2.24, 2.45) is 0 Å². The van der Waals surface area contributed by atoms with Crippen LogP contribution in [-0.4, -0.2) is 33.8 Å². The summed E-state index contributed by atoms with van der Waals surface area (Å²) in [6, 6.07) is 16.3. The van der Waals surface area contributed by atoms with Gasteiger partial charge in [-0.1, -0.05) is 30.3 Å². The minimum Gasteiger partial charge on any atom is -0.454 e. The van der Waals surface area contributed by atoms with Crippen LogP contribution in [0, 0.1) is 27.7 Å². The normalized spacial score (nSPS) is 11.2. The van der Waals surface area contributed by atoms with E-state index in [1.807, 2.05) is 33.8 Å². The van der Waals surface area contributed by atoms with Crippen LogP contribution in [0.5, 0.6) is 0 Å². The minimum atomic E-state index is -3.88. The summed E-state index contributed by atoms with van der Waals surface area (Å²) in [6.07, 6.45) is 0. The highest BCUT2D eigenvalue weighted by atomic mass is 32.2. The SMILES string of the molecule is Cc1cc(C)c(C)c(C(=O)COC(=O)c2cccc(S(=O)(=O)N(C)c3ccccc3)c2)c1C. The van der Waals surface area contributed by atoms with Gasteiger partial charge in [0.2, 0.25) is 5.78 Å². The van der Waals surface area contributed by atoms with Crippen molar-refractivity contribution in [3.8, 4) is 0 Å². The molecule has 0 amide bonds. The number of para-hydroxylation sites is 1. The van der Waals surface area contributed by atoms with E-state index in [1.165, 1.54) is 31.3 Å². The van der Waals surface area contributed by atoms with Crippen molar-refractivity contribution < 1.29 is 22.7 Å². The van der Waals surface area contributed by atoms with Crippen LogP contribution in [0.15, 0.2) is 65.6 Å². The van der Waals surface area contributed by atoms with Crippen molar-refractivity contribution in [2.45, 2.75) is 32.6 Å². The van der Waals surface area contributed by atoms with Crippen LogP contribution in [0.1, 0.15) is 43.0 Å². The molecule has 0 saturated heterocycles. The standard InChI is InChI=1S/C26H27NO5S/c1-17-14-18(2)20(4)25(19(17)3)24(28)16-32-26(29)21-10-9-13-23(15-21)33(30,31)27(5)22-11-7-6-8-12-22/h6-15H,16H2,1-5H3. The Hall–Kier alpha value is -3.45. The fraction of sp³-hybridized carbons (Fsp3) is 0.231. The number of anilines is 1. The molecular formula is C26H27NO5S. The number of ketones is 1. The van der Waals surface area contributed by atoms with Gasteiger partial charge in [-0.05, 0) is 80.3 Å². The summed E-state index contributed by atoms with van der Waals surface area (Å²) < 4.78 is 32.4. The second kappa shape index (κ2) is 9.58. The zero-order chi connectivity index (χ0) is 24.3. The molecular weight excluding hydrogens is 438 g/mol. The topological polar surface area (TPSA) is 80.8 Å². The minimum absolute atomic E-state index is 0.0457. The molecule has 172 valence electrons. The highest BCUT2D eigenvalue weighted by Crippen LogP contribution is 2.24. The fourth-order valence-corrected chi connectivity index (χ4v) is 4.88. The highest BCUT2D eigenvalue weighted by molar-refractivity contribution is 7.92. The van der Waals surface area contributed by atoms with Gasteiger partial charge in [-0.2, -0.15) is 0 Å². The maximum atomic E-state index is 13.0. The molecule has 0 atom stereocenters. The molecule has 7 heteroatoms. The second-order valence-electron chi connectivity index (χ2n) is 7.97. The number of ether oxygens (including phenoxy) is 1. The van der Waals surface area contributed by atoms with Crippen LogP contribution < -0.4 is 4.31 Å². The number of rotatable bonds is 7. The average molecular weight is 466 g/mol. The number of hydrogen-bond acceptors (Lipinski definition) is 5. The summed E-state index contributed by atoms with van der Waals surface area (Å²) >= 11 is 0. The number of esters is 1. The van der Waals surface area contributed by atoms with Crippen molar-refractivity contribution in [1.82, 2.24) is 0 Å². The number of benzene rings is 3. The van der Waals surface area contributed by atoms with Gasteiger partial charge < -0.3 is 4.74 Å². The first kappa shape index (κ1) is 24.2. The Morgan fingerprint density at radius 1 is 0.848 bits per heavy atom. The lowest BCUT2D eigenvalue weighted by Crippen LogP contribution is -2.26. The lowest BCUT2D eigenvalue weighted by molar-refractivity contribution is 0.0474. The molecule has 0 aliphatic rings. The van der Waals surface area contributed by atoms with Crippen LogP contribution in [0.4, 0.5) is 5.69 Å². The maximum Gasteiger partial charge on any atom is 0.338 e. The molecule has 0 fully saturated rings. The number of sulfonamides is 1. The molecule has 3 rings (SSSR count). The van der Waals surface area contributed by atoms with Crippen molar-refractivity contribution >= 4 is 27.5 Å². The lowest BCUT2D eigenvalue weighted by atomic mass is 9.92. The Balaban J connectivity index is 1.79. The van der Waals surface area contributed by atoms with E-state index in [-0.39, 0.29) is 16.2 Å². The molecule has 0 unspecified atom stereocenters. The first-order chi connectivity index (χ1) is 15.5. The van der Waals surface area contributed by atoms with Crippen molar-refractivity contribution in [3.63, 3.8) is 0 Å². The monoisotopic (exact) mass is 465 g/mol. The Labute approximate surface area is 194 Å². The van der Waals surface area contributed by atoms with Crippen molar-refractivity contribution in [1.29, 1.82) is 0 Å². The maximum absolute atomic E-state index is 13.0. The van der Waals surface area contributed by atoms with E-state index in [4.69, 9.17) is 4.74 Å². The van der Waals surface area contributed by atoms with E-state index in [1.54, 1.807) is 30.3 Å². The lowest BCUT2D eigenvalue weighted by Gasteiger charge is -2.19. The van der Waals surface area contributed by atoms with Gasteiger partial charge in [0.15, 0.2) is 6.61 Å². The average Bonchev–Trinajstić information content (AvgIpc) is 2.81. The number of aryl methyl sites for hydroxylation is 2. The van der Waals surface area contributed by atoms with E-state index in [0.29, 0.717) is 11.3 Å². The van der Waals surface area contributed by atoms with Gasteiger partial charge in [0.05, 0.1) is 16.1 Å². The quantitative estimate of drug-likeness (QED) is 0.370. The van der Waals surface area contributed by atoms with Crippen molar-refractivity contribution in [3.05, 3.63) is 94.0 Å². The molecule has 0 N–H and O–H groups in total. The molecule has 0 spiro atoms. The molecule has 0 aliphatic heterocycles. The summed E-state index contributed by atoms with van der Waals surface area (Å²) in [5.41, 5.74) is 4.81.